The third-order valence-electron chi connectivity index (χ3n) is 3.89. The maximum atomic E-state index is 12.9. The van der Waals surface area contributed by atoms with Crippen LogP contribution in [0.15, 0.2) is 54.6 Å². The number of likely N-dealkylation sites (N-methyl/N-ethyl adjacent to an activating group) is 1. The van der Waals surface area contributed by atoms with E-state index in [2.05, 4.69) is 11.4 Å². The first-order chi connectivity index (χ1) is 12.0. The fourth-order valence-electron chi connectivity index (χ4n) is 2.45. The molecule has 0 saturated carbocycles. The van der Waals surface area contributed by atoms with Crippen LogP contribution in [0.2, 0.25) is 0 Å². The van der Waals surface area contributed by atoms with Gasteiger partial charge in [0.05, 0.1) is 11.6 Å². The Bertz CT molecular complexity index is 764. The molecular weight excluding hydrogens is 314 g/mol. The maximum Gasteiger partial charge on any atom is 0.249 e. The predicted molar refractivity (Wildman–Crippen MR) is 95.2 cm³/mol. The van der Waals surface area contributed by atoms with Crippen molar-refractivity contribution in [1.82, 2.24) is 10.2 Å². The van der Waals surface area contributed by atoms with E-state index in [9.17, 15) is 9.59 Å². The summed E-state index contributed by atoms with van der Waals surface area (Å²) in [5, 5.41) is 11.6. The minimum Gasteiger partial charge on any atom is -0.341 e. The molecule has 2 aromatic carbocycles. The van der Waals surface area contributed by atoms with Gasteiger partial charge in [0.2, 0.25) is 11.8 Å². The number of benzene rings is 2. The lowest BCUT2D eigenvalue weighted by molar-refractivity contribution is -0.136. The van der Waals surface area contributed by atoms with Crippen molar-refractivity contribution in [1.29, 1.82) is 5.26 Å². The van der Waals surface area contributed by atoms with E-state index in [-0.39, 0.29) is 11.8 Å². The van der Waals surface area contributed by atoms with Crippen molar-refractivity contribution in [2.24, 2.45) is 0 Å². The predicted octanol–water partition coefficient (Wildman–Crippen LogP) is 2.78. The lowest BCUT2D eigenvalue weighted by Gasteiger charge is -2.25. The highest BCUT2D eigenvalue weighted by atomic mass is 16.2. The smallest absolute Gasteiger partial charge is 0.249 e. The number of amides is 2. The molecule has 0 fully saturated rings. The molecule has 0 aromatic heterocycles. The fraction of sp³-hybridized carbons (Fsp3) is 0.250. The van der Waals surface area contributed by atoms with Gasteiger partial charge < -0.3 is 10.2 Å². The average Bonchev–Trinajstić information content (AvgIpc) is 2.66. The van der Waals surface area contributed by atoms with Crippen LogP contribution < -0.4 is 5.32 Å². The number of carbonyl (C=O) groups is 2. The van der Waals surface area contributed by atoms with Gasteiger partial charge in [0.1, 0.15) is 6.04 Å². The Morgan fingerprint density at radius 2 is 1.76 bits per heavy atom. The van der Waals surface area contributed by atoms with Crippen molar-refractivity contribution >= 4 is 11.8 Å². The first kappa shape index (κ1) is 18.2. The van der Waals surface area contributed by atoms with Crippen molar-refractivity contribution < 1.29 is 9.59 Å². The zero-order chi connectivity index (χ0) is 18.2. The van der Waals surface area contributed by atoms with Crippen LogP contribution in [0, 0.1) is 11.3 Å². The lowest BCUT2D eigenvalue weighted by Crippen LogP contribution is -2.40. The summed E-state index contributed by atoms with van der Waals surface area (Å²) in [6, 6.07) is 17.7. The van der Waals surface area contributed by atoms with Crippen molar-refractivity contribution in [3.63, 3.8) is 0 Å². The molecule has 0 aliphatic rings. The third kappa shape index (κ3) is 4.92. The Hall–Kier alpha value is -3.13. The summed E-state index contributed by atoms with van der Waals surface area (Å²) in [4.78, 5) is 26.3. The van der Waals surface area contributed by atoms with Gasteiger partial charge in [-0.05, 0) is 23.3 Å². The second-order valence-electron chi connectivity index (χ2n) is 5.77. The van der Waals surface area contributed by atoms with Gasteiger partial charge in [-0.2, -0.15) is 5.26 Å². The zero-order valence-electron chi connectivity index (χ0n) is 14.4. The Kier molecular flexibility index (Phi) is 6.30. The first-order valence-corrected chi connectivity index (χ1v) is 8.13. The third-order valence-corrected chi connectivity index (χ3v) is 3.89. The lowest BCUT2D eigenvalue weighted by atomic mass is 10.0. The van der Waals surface area contributed by atoms with E-state index in [0.29, 0.717) is 18.5 Å². The Morgan fingerprint density at radius 1 is 1.12 bits per heavy atom. The Labute approximate surface area is 147 Å². The van der Waals surface area contributed by atoms with E-state index in [4.69, 9.17) is 5.26 Å². The zero-order valence-corrected chi connectivity index (χ0v) is 14.4. The number of nitrogens with zero attached hydrogens (tertiary/aromatic N) is 2. The van der Waals surface area contributed by atoms with E-state index in [1.54, 1.807) is 31.0 Å². The summed E-state index contributed by atoms with van der Waals surface area (Å²) in [6.07, 6.45) is 0.315. The Balaban J connectivity index is 2.16. The van der Waals surface area contributed by atoms with Crippen molar-refractivity contribution in [2.45, 2.75) is 25.9 Å². The molecule has 0 aliphatic heterocycles. The van der Waals surface area contributed by atoms with Crippen LogP contribution in [0.5, 0.6) is 0 Å². The van der Waals surface area contributed by atoms with Gasteiger partial charge in [0.15, 0.2) is 0 Å². The molecule has 1 atom stereocenters. The standard InChI is InChI=1S/C20H21N3O2/c1-3-18(24)22-19(17-7-5-4-6-8-17)20(25)23(2)14-16-11-9-15(13-21)10-12-16/h4-12,19H,3,14H2,1-2H3,(H,22,24). The van der Waals surface area contributed by atoms with Gasteiger partial charge in [-0.25, -0.2) is 0 Å². The number of rotatable bonds is 6. The largest absolute Gasteiger partial charge is 0.341 e. The van der Waals surface area contributed by atoms with Crippen LogP contribution in [-0.4, -0.2) is 23.8 Å². The van der Waals surface area contributed by atoms with E-state index >= 15 is 0 Å². The molecule has 2 amide bonds. The van der Waals surface area contributed by atoms with E-state index < -0.39 is 6.04 Å². The number of nitrogens with one attached hydrogen (secondary N) is 1. The molecule has 2 rings (SSSR count). The molecule has 5 nitrogen and oxygen atoms in total. The summed E-state index contributed by atoms with van der Waals surface area (Å²) < 4.78 is 0. The average molecular weight is 335 g/mol. The minimum absolute atomic E-state index is 0.172. The highest BCUT2D eigenvalue weighted by molar-refractivity contribution is 5.88. The molecule has 1 N–H and O–H groups in total. The molecule has 5 heteroatoms. The molecule has 1 unspecified atom stereocenters. The van der Waals surface area contributed by atoms with Crippen LogP contribution in [0.3, 0.4) is 0 Å². The SMILES string of the molecule is CCC(=O)NC(C(=O)N(C)Cc1ccc(C#N)cc1)c1ccccc1. The van der Waals surface area contributed by atoms with Crippen LogP contribution in [0.25, 0.3) is 0 Å². The van der Waals surface area contributed by atoms with Crippen LogP contribution in [-0.2, 0) is 16.1 Å². The summed E-state index contributed by atoms with van der Waals surface area (Å²) in [7, 11) is 1.70. The van der Waals surface area contributed by atoms with Gasteiger partial charge in [-0.15, -0.1) is 0 Å². The van der Waals surface area contributed by atoms with Gasteiger partial charge >= 0.3 is 0 Å². The number of hydrogen-bond donors (Lipinski definition) is 1. The first-order valence-electron chi connectivity index (χ1n) is 8.13. The van der Waals surface area contributed by atoms with Crippen molar-refractivity contribution in [3.8, 4) is 6.07 Å². The van der Waals surface area contributed by atoms with E-state index in [1.165, 1.54) is 0 Å². The molecular formula is C20H21N3O2. The number of hydrogen-bond acceptors (Lipinski definition) is 3. The molecule has 0 heterocycles. The molecule has 0 radical (unpaired) electrons. The van der Waals surface area contributed by atoms with Crippen molar-refractivity contribution in [3.05, 3.63) is 71.3 Å². The monoisotopic (exact) mass is 335 g/mol. The minimum atomic E-state index is -0.711. The molecule has 25 heavy (non-hydrogen) atoms. The maximum absolute atomic E-state index is 12.9. The number of nitriles is 1. The van der Waals surface area contributed by atoms with Crippen molar-refractivity contribution in [2.75, 3.05) is 7.05 Å². The summed E-state index contributed by atoms with van der Waals surface area (Å²) in [5.41, 5.74) is 2.25. The van der Waals surface area contributed by atoms with Crippen LogP contribution in [0.1, 0.15) is 36.1 Å². The van der Waals surface area contributed by atoms with Gasteiger partial charge in [-0.3, -0.25) is 9.59 Å². The second-order valence-corrected chi connectivity index (χ2v) is 5.77. The highest BCUT2D eigenvalue weighted by Crippen LogP contribution is 2.17. The highest BCUT2D eigenvalue weighted by Gasteiger charge is 2.25. The molecule has 0 saturated heterocycles. The second kappa shape index (κ2) is 8.65. The van der Waals surface area contributed by atoms with Gasteiger partial charge in [0.25, 0.3) is 0 Å². The summed E-state index contributed by atoms with van der Waals surface area (Å²) in [6.45, 7) is 2.15. The molecule has 128 valence electrons. The van der Waals surface area contributed by atoms with E-state index in [1.807, 2.05) is 42.5 Å². The van der Waals surface area contributed by atoms with Gasteiger partial charge in [-0.1, -0.05) is 49.4 Å². The van der Waals surface area contributed by atoms with Crippen LogP contribution >= 0.6 is 0 Å². The van der Waals surface area contributed by atoms with Crippen LogP contribution in [0.4, 0.5) is 0 Å². The molecule has 0 bridgehead atoms. The van der Waals surface area contributed by atoms with Gasteiger partial charge in [0, 0.05) is 20.0 Å². The summed E-state index contributed by atoms with van der Waals surface area (Å²) >= 11 is 0. The fourth-order valence-corrected chi connectivity index (χ4v) is 2.45. The van der Waals surface area contributed by atoms with E-state index in [0.717, 1.165) is 11.1 Å². The quantitative estimate of drug-likeness (QED) is 0.882. The number of carbonyl (C=O) groups excluding carboxylic acids is 2. The molecule has 0 aliphatic carbocycles. The topological polar surface area (TPSA) is 73.2 Å². The molecule has 0 spiro atoms. The normalized spacial score (nSPS) is 11.2. The summed E-state index contributed by atoms with van der Waals surface area (Å²) in [5.74, 6) is -0.355. The molecule has 2 aromatic rings. The Morgan fingerprint density at radius 3 is 2.32 bits per heavy atom.